The lowest BCUT2D eigenvalue weighted by Gasteiger charge is -2.08. The molecular weight excluding hydrogens is 142 g/mol. The molecule has 0 saturated heterocycles. The van der Waals surface area contributed by atoms with Crippen LogP contribution in [0.25, 0.3) is 0 Å². The Hall–Kier alpha value is -1.76. The molecule has 1 aromatic rings. The van der Waals surface area contributed by atoms with Crippen LogP contribution in [-0.2, 0) is 4.79 Å². The summed E-state index contributed by atoms with van der Waals surface area (Å²) < 4.78 is 0. The molecule has 0 aliphatic rings. The van der Waals surface area contributed by atoms with E-state index in [1.165, 1.54) is 11.0 Å². The van der Waals surface area contributed by atoms with Gasteiger partial charge in [-0.2, -0.15) is 5.26 Å². The molecule has 4 heteroatoms. The Kier molecular flexibility index (Phi) is 1.93. The molecule has 0 saturated carbocycles. The number of anilines is 1. The number of hydrogen-bond acceptors (Lipinski definition) is 2. The second-order valence-electron chi connectivity index (χ2n) is 2.05. The first-order valence-electron chi connectivity index (χ1n) is 3.06. The minimum absolute atomic E-state index is 0.565. The summed E-state index contributed by atoms with van der Waals surface area (Å²) in [4.78, 5) is 14.8. The average molecular weight is 149 g/mol. The predicted octanol–water partition coefficient (Wildman–Crippen LogP) is 0.501. The van der Waals surface area contributed by atoms with Gasteiger partial charge in [-0.05, 0) is 6.07 Å². The molecule has 0 aliphatic carbocycles. The highest BCUT2D eigenvalue weighted by molar-refractivity contribution is 6.03. The number of nitrogens with one attached hydrogen (secondary N) is 1. The third-order valence-electron chi connectivity index (χ3n) is 1.37. The van der Waals surface area contributed by atoms with Crippen molar-refractivity contribution in [2.24, 2.45) is 0 Å². The van der Waals surface area contributed by atoms with Crippen molar-refractivity contribution in [2.75, 3.05) is 11.9 Å². The van der Waals surface area contributed by atoms with Crippen molar-refractivity contribution < 1.29 is 4.79 Å². The van der Waals surface area contributed by atoms with Crippen LogP contribution in [0.1, 0.15) is 0 Å². The Bertz CT molecular complexity index is 283. The first-order valence-corrected chi connectivity index (χ1v) is 3.06. The molecule has 11 heavy (non-hydrogen) atoms. The Morgan fingerprint density at radius 3 is 3.00 bits per heavy atom. The summed E-state index contributed by atoms with van der Waals surface area (Å²) in [6.07, 6.45) is 3.34. The Labute approximate surface area is 64.0 Å². The normalized spacial score (nSPS) is 8.73. The van der Waals surface area contributed by atoms with E-state index in [0.29, 0.717) is 5.69 Å². The monoisotopic (exact) mass is 149 g/mol. The van der Waals surface area contributed by atoms with E-state index < -0.39 is 5.91 Å². The second-order valence-corrected chi connectivity index (χ2v) is 2.05. The Morgan fingerprint density at radius 1 is 1.82 bits per heavy atom. The molecule has 0 unspecified atom stereocenters. The number of amides is 1. The van der Waals surface area contributed by atoms with Crippen LogP contribution in [0.4, 0.5) is 5.69 Å². The van der Waals surface area contributed by atoms with Crippen molar-refractivity contribution >= 4 is 11.6 Å². The van der Waals surface area contributed by atoms with Gasteiger partial charge in [-0.25, -0.2) is 0 Å². The molecule has 0 bridgehead atoms. The maximum atomic E-state index is 10.8. The van der Waals surface area contributed by atoms with E-state index in [4.69, 9.17) is 5.26 Å². The van der Waals surface area contributed by atoms with Crippen molar-refractivity contribution in [1.82, 2.24) is 4.98 Å². The van der Waals surface area contributed by atoms with E-state index in [-0.39, 0.29) is 0 Å². The first-order chi connectivity index (χ1) is 5.25. The molecule has 0 fully saturated rings. The molecule has 1 aromatic heterocycles. The van der Waals surface area contributed by atoms with Gasteiger partial charge >= 0.3 is 5.91 Å². The Morgan fingerprint density at radius 2 is 2.55 bits per heavy atom. The average Bonchev–Trinajstić information content (AvgIpc) is 2.53. The largest absolute Gasteiger partial charge is 0.366 e. The van der Waals surface area contributed by atoms with Gasteiger partial charge in [0.25, 0.3) is 0 Å². The lowest BCUT2D eigenvalue weighted by Crippen LogP contribution is -2.23. The van der Waals surface area contributed by atoms with Crippen LogP contribution >= 0.6 is 0 Å². The number of rotatable bonds is 1. The topological polar surface area (TPSA) is 59.9 Å². The molecule has 4 nitrogen and oxygen atoms in total. The molecule has 0 atom stereocenters. The fourth-order valence-electron chi connectivity index (χ4n) is 0.716. The molecule has 1 rings (SSSR count). The number of aromatic nitrogens is 1. The SMILES string of the molecule is CN(C(=O)C#N)c1cc[nH]c1. The van der Waals surface area contributed by atoms with Crippen LogP contribution < -0.4 is 4.90 Å². The number of nitrogens with zero attached hydrogens (tertiary/aromatic N) is 2. The van der Waals surface area contributed by atoms with Crippen LogP contribution in [0.3, 0.4) is 0 Å². The summed E-state index contributed by atoms with van der Waals surface area (Å²) in [6, 6.07) is 3.24. The molecule has 1 N–H and O–H groups in total. The third-order valence-corrected chi connectivity index (χ3v) is 1.37. The fourth-order valence-corrected chi connectivity index (χ4v) is 0.716. The van der Waals surface area contributed by atoms with Gasteiger partial charge < -0.3 is 9.88 Å². The van der Waals surface area contributed by atoms with Gasteiger partial charge in [-0.15, -0.1) is 0 Å². The van der Waals surface area contributed by atoms with Crippen molar-refractivity contribution in [1.29, 1.82) is 5.26 Å². The van der Waals surface area contributed by atoms with Crippen LogP contribution in [0.5, 0.6) is 0 Å². The van der Waals surface area contributed by atoms with Gasteiger partial charge in [0.2, 0.25) is 0 Å². The smallest absolute Gasteiger partial charge is 0.329 e. The van der Waals surface area contributed by atoms with E-state index in [9.17, 15) is 4.79 Å². The minimum Gasteiger partial charge on any atom is -0.366 e. The van der Waals surface area contributed by atoms with Crippen LogP contribution in [0.15, 0.2) is 18.5 Å². The summed E-state index contributed by atoms with van der Waals surface area (Å²) in [5.74, 6) is -0.565. The maximum absolute atomic E-state index is 10.8. The summed E-state index contributed by atoms with van der Waals surface area (Å²) in [5.41, 5.74) is 0.691. The number of H-pyrrole nitrogens is 1. The lowest BCUT2D eigenvalue weighted by atomic mass is 10.4. The summed E-state index contributed by atoms with van der Waals surface area (Å²) in [5, 5.41) is 8.25. The first kappa shape index (κ1) is 7.35. The van der Waals surface area contributed by atoms with Gasteiger partial charge in [-0.1, -0.05) is 0 Å². The van der Waals surface area contributed by atoms with Crippen LogP contribution in [-0.4, -0.2) is 17.9 Å². The number of aromatic amines is 1. The van der Waals surface area contributed by atoms with Gasteiger partial charge in [0.05, 0.1) is 5.69 Å². The molecule has 0 spiro atoms. The molecule has 56 valence electrons. The van der Waals surface area contributed by atoms with Gasteiger partial charge in [0.15, 0.2) is 6.07 Å². The highest BCUT2D eigenvalue weighted by atomic mass is 16.2. The highest BCUT2D eigenvalue weighted by Crippen LogP contribution is 2.09. The fraction of sp³-hybridized carbons (Fsp3) is 0.143. The zero-order chi connectivity index (χ0) is 8.27. The van der Waals surface area contributed by atoms with E-state index >= 15 is 0 Å². The molecule has 0 radical (unpaired) electrons. The lowest BCUT2D eigenvalue weighted by molar-refractivity contribution is -0.113. The third kappa shape index (κ3) is 1.38. The maximum Gasteiger partial charge on any atom is 0.329 e. The standard InChI is InChI=1S/C7H7N3O/c1-10(7(11)4-8)6-2-3-9-5-6/h2-3,5,9H,1H3. The van der Waals surface area contributed by atoms with E-state index in [0.717, 1.165) is 0 Å². The number of carbonyl (C=O) groups excluding carboxylic acids is 1. The zero-order valence-corrected chi connectivity index (χ0v) is 6.03. The van der Waals surface area contributed by atoms with Gasteiger partial charge in [0.1, 0.15) is 0 Å². The van der Waals surface area contributed by atoms with Crippen molar-refractivity contribution in [3.8, 4) is 6.07 Å². The molecule has 1 heterocycles. The zero-order valence-electron chi connectivity index (χ0n) is 6.03. The van der Waals surface area contributed by atoms with E-state index in [1.54, 1.807) is 25.5 Å². The molecule has 1 amide bonds. The summed E-state index contributed by atoms with van der Waals surface area (Å²) in [7, 11) is 1.55. The second kappa shape index (κ2) is 2.88. The van der Waals surface area contributed by atoms with E-state index in [2.05, 4.69) is 4.98 Å². The molecular formula is C7H7N3O. The predicted molar refractivity (Wildman–Crippen MR) is 39.8 cm³/mol. The summed E-state index contributed by atoms with van der Waals surface area (Å²) >= 11 is 0. The molecule has 0 aliphatic heterocycles. The number of hydrogen-bond donors (Lipinski definition) is 1. The highest BCUT2D eigenvalue weighted by Gasteiger charge is 2.08. The van der Waals surface area contributed by atoms with E-state index in [1.807, 2.05) is 0 Å². The summed E-state index contributed by atoms with van der Waals surface area (Å²) in [6.45, 7) is 0. The molecule has 0 aromatic carbocycles. The van der Waals surface area contributed by atoms with Crippen molar-refractivity contribution in [3.05, 3.63) is 18.5 Å². The van der Waals surface area contributed by atoms with Crippen LogP contribution in [0, 0.1) is 11.3 Å². The van der Waals surface area contributed by atoms with Crippen molar-refractivity contribution in [3.63, 3.8) is 0 Å². The van der Waals surface area contributed by atoms with Crippen LogP contribution in [0.2, 0.25) is 0 Å². The quantitative estimate of drug-likeness (QED) is 0.591. The Balaban J connectivity index is 2.80. The van der Waals surface area contributed by atoms with Gasteiger partial charge in [-0.3, -0.25) is 4.79 Å². The number of carbonyl (C=O) groups is 1. The van der Waals surface area contributed by atoms with Crippen molar-refractivity contribution in [2.45, 2.75) is 0 Å². The minimum atomic E-state index is -0.565. The number of nitriles is 1. The van der Waals surface area contributed by atoms with Gasteiger partial charge in [0, 0.05) is 19.4 Å².